The van der Waals surface area contributed by atoms with Crippen molar-refractivity contribution < 1.29 is 9.18 Å². The number of benzene rings is 1. The highest BCUT2D eigenvalue weighted by molar-refractivity contribution is 6.07. The third-order valence-electron chi connectivity index (χ3n) is 1.54. The number of carbonyl (C=O) groups is 1. The number of rotatable bonds is 1. The molecule has 1 rings (SSSR count). The van der Waals surface area contributed by atoms with Crippen molar-refractivity contribution in [2.45, 2.75) is 6.92 Å². The van der Waals surface area contributed by atoms with Gasteiger partial charge in [0.1, 0.15) is 11.9 Å². The first-order chi connectivity index (χ1) is 5.66. The summed E-state index contributed by atoms with van der Waals surface area (Å²) in [6.07, 6.45) is 0. The van der Waals surface area contributed by atoms with Gasteiger partial charge >= 0.3 is 0 Å². The molecule has 0 fully saturated rings. The first-order valence-electron chi connectivity index (χ1n) is 3.36. The zero-order valence-corrected chi connectivity index (χ0v) is 6.47. The van der Waals surface area contributed by atoms with Crippen LogP contribution in [0.2, 0.25) is 0 Å². The lowest BCUT2D eigenvalue weighted by atomic mass is 10.1. The van der Waals surface area contributed by atoms with Crippen molar-refractivity contribution in [3.8, 4) is 6.07 Å². The van der Waals surface area contributed by atoms with E-state index >= 15 is 0 Å². The first kappa shape index (κ1) is 8.41. The lowest BCUT2D eigenvalue weighted by molar-refractivity contribution is 0.105. The minimum absolute atomic E-state index is 0.155. The normalized spacial score (nSPS) is 9.08. The smallest absolute Gasteiger partial charge is 0.265 e. The Bertz CT molecular complexity index is 365. The number of aryl methyl sites for hydroxylation is 1. The van der Waals surface area contributed by atoms with Crippen LogP contribution < -0.4 is 0 Å². The fourth-order valence-corrected chi connectivity index (χ4v) is 0.883. The fourth-order valence-electron chi connectivity index (χ4n) is 0.883. The van der Waals surface area contributed by atoms with Crippen LogP contribution in [0.15, 0.2) is 18.2 Å². The molecule has 0 saturated carbocycles. The van der Waals surface area contributed by atoms with Gasteiger partial charge in [-0.3, -0.25) is 4.79 Å². The second-order valence-corrected chi connectivity index (χ2v) is 2.38. The van der Waals surface area contributed by atoms with Crippen molar-refractivity contribution in [2.75, 3.05) is 0 Å². The Morgan fingerprint density at radius 1 is 1.58 bits per heavy atom. The molecule has 0 saturated heterocycles. The van der Waals surface area contributed by atoms with Gasteiger partial charge in [-0.2, -0.15) is 5.26 Å². The zero-order valence-electron chi connectivity index (χ0n) is 6.47. The number of halogens is 1. The monoisotopic (exact) mass is 163 g/mol. The van der Waals surface area contributed by atoms with Crippen LogP contribution in [0.3, 0.4) is 0 Å². The van der Waals surface area contributed by atoms with Crippen LogP contribution in [0.1, 0.15) is 15.9 Å². The molecule has 0 aromatic heterocycles. The Morgan fingerprint density at radius 2 is 2.25 bits per heavy atom. The van der Waals surface area contributed by atoms with E-state index in [1.807, 2.05) is 0 Å². The van der Waals surface area contributed by atoms with Crippen molar-refractivity contribution in [1.82, 2.24) is 0 Å². The molecule has 0 aliphatic rings. The molecule has 0 N–H and O–H groups in total. The summed E-state index contributed by atoms with van der Waals surface area (Å²) in [6, 6.07) is 5.76. The van der Waals surface area contributed by atoms with Crippen molar-refractivity contribution in [3.63, 3.8) is 0 Å². The second kappa shape index (κ2) is 3.14. The highest BCUT2D eigenvalue weighted by atomic mass is 19.1. The summed E-state index contributed by atoms with van der Waals surface area (Å²) in [7, 11) is 0. The first-order valence-corrected chi connectivity index (χ1v) is 3.36. The van der Waals surface area contributed by atoms with Gasteiger partial charge in [-0.25, -0.2) is 4.39 Å². The summed E-state index contributed by atoms with van der Waals surface area (Å²) in [4.78, 5) is 10.8. The molecule has 0 bridgehead atoms. The molecule has 0 heterocycles. The molecule has 0 unspecified atom stereocenters. The standard InChI is InChI=1S/C9H6FNO/c1-6-3-2-4-7(9(6)10)8(12)5-11/h2-4H,1H3. The molecule has 3 heteroatoms. The lowest BCUT2D eigenvalue weighted by Gasteiger charge is -1.98. The Balaban J connectivity index is 3.28. The fraction of sp³-hybridized carbons (Fsp3) is 0.111. The average Bonchev–Trinajstić information content (AvgIpc) is 2.08. The van der Waals surface area contributed by atoms with E-state index in [9.17, 15) is 9.18 Å². The molecule has 12 heavy (non-hydrogen) atoms. The van der Waals surface area contributed by atoms with E-state index in [0.717, 1.165) is 0 Å². The van der Waals surface area contributed by atoms with Crippen LogP contribution in [-0.2, 0) is 0 Å². The van der Waals surface area contributed by atoms with Gasteiger partial charge in [-0.1, -0.05) is 12.1 Å². The van der Waals surface area contributed by atoms with Gasteiger partial charge in [0, 0.05) is 0 Å². The molecular formula is C9H6FNO. The van der Waals surface area contributed by atoms with Gasteiger partial charge in [0.2, 0.25) is 0 Å². The number of Topliss-reactive ketones (excluding diaryl/α,β-unsaturated/α-hetero) is 1. The number of hydrogen-bond acceptors (Lipinski definition) is 2. The molecule has 0 radical (unpaired) electrons. The van der Waals surface area contributed by atoms with Crippen molar-refractivity contribution in [2.24, 2.45) is 0 Å². The maximum absolute atomic E-state index is 13.1. The maximum atomic E-state index is 13.1. The second-order valence-electron chi connectivity index (χ2n) is 2.38. The Kier molecular flexibility index (Phi) is 2.20. The molecule has 0 spiro atoms. The predicted octanol–water partition coefficient (Wildman–Crippen LogP) is 1.84. The van der Waals surface area contributed by atoms with E-state index in [1.165, 1.54) is 12.1 Å². The number of carbonyl (C=O) groups excluding carboxylic acids is 1. The quantitative estimate of drug-likeness (QED) is 0.468. The summed E-state index contributed by atoms with van der Waals surface area (Å²) in [6.45, 7) is 1.55. The molecular weight excluding hydrogens is 157 g/mol. The average molecular weight is 163 g/mol. The summed E-state index contributed by atoms with van der Waals surface area (Å²) < 4.78 is 13.1. The van der Waals surface area contributed by atoms with Crippen LogP contribution in [-0.4, -0.2) is 5.78 Å². The molecule has 60 valence electrons. The van der Waals surface area contributed by atoms with E-state index in [2.05, 4.69) is 0 Å². The number of nitriles is 1. The van der Waals surface area contributed by atoms with Crippen LogP contribution >= 0.6 is 0 Å². The molecule has 0 amide bonds. The largest absolute Gasteiger partial charge is 0.277 e. The van der Waals surface area contributed by atoms with Gasteiger partial charge in [0.05, 0.1) is 5.56 Å². The molecule has 0 aliphatic carbocycles. The highest BCUT2D eigenvalue weighted by Crippen LogP contribution is 2.11. The van der Waals surface area contributed by atoms with E-state index in [0.29, 0.717) is 5.56 Å². The van der Waals surface area contributed by atoms with Crippen LogP contribution in [0, 0.1) is 24.1 Å². The summed E-state index contributed by atoms with van der Waals surface area (Å²) in [5.74, 6) is -1.44. The number of hydrogen-bond donors (Lipinski definition) is 0. The number of ketones is 1. The topological polar surface area (TPSA) is 40.9 Å². The zero-order chi connectivity index (χ0) is 9.14. The van der Waals surface area contributed by atoms with Crippen LogP contribution in [0.25, 0.3) is 0 Å². The van der Waals surface area contributed by atoms with Gasteiger partial charge in [-0.15, -0.1) is 0 Å². The van der Waals surface area contributed by atoms with E-state index < -0.39 is 11.6 Å². The van der Waals surface area contributed by atoms with Gasteiger partial charge in [-0.05, 0) is 18.6 Å². The third kappa shape index (κ3) is 1.32. The summed E-state index contributed by atoms with van der Waals surface area (Å²) in [5, 5.41) is 8.24. The van der Waals surface area contributed by atoms with Crippen molar-refractivity contribution in [1.29, 1.82) is 5.26 Å². The predicted molar refractivity (Wildman–Crippen MR) is 41.1 cm³/mol. The summed E-state index contributed by atoms with van der Waals surface area (Å²) >= 11 is 0. The third-order valence-corrected chi connectivity index (χ3v) is 1.54. The van der Waals surface area contributed by atoms with Crippen molar-refractivity contribution in [3.05, 3.63) is 35.1 Å². The Hall–Kier alpha value is -1.69. The maximum Gasteiger partial charge on any atom is 0.265 e. The van der Waals surface area contributed by atoms with Gasteiger partial charge in [0.25, 0.3) is 5.78 Å². The SMILES string of the molecule is Cc1cccc(C(=O)C#N)c1F. The number of nitrogens with zero attached hydrogens (tertiary/aromatic N) is 1. The Labute approximate surface area is 69.2 Å². The van der Waals surface area contributed by atoms with Crippen molar-refractivity contribution >= 4 is 5.78 Å². The lowest BCUT2D eigenvalue weighted by Crippen LogP contribution is -2.00. The molecule has 1 aromatic rings. The minimum Gasteiger partial charge on any atom is -0.277 e. The van der Waals surface area contributed by atoms with Crippen LogP contribution in [0.5, 0.6) is 0 Å². The molecule has 2 nitrogen and oxygen atoms in total. The molecule has 0 aliphatic heterocycles. The van der Waals surface area contributed by atoms with Crippen LogP contribution in [0.4, 0.5) is 4.39 Å². The molecule has 1 aromatic carbocycles. The van der Waals surface area contributed by atoms with E-state index in [4.69, 9.17) is 5.26 Å². The Morgan fingerprint density at radius 3 is 2.83 bits per heavy atom. The van der Waals surface area contributed by atoms with E-state index in [-0.39, 0.29) is 5.56 Å². The molecule has 0 atom stereocenters. The van der Waals surface area contributed by atoms with Gasteiger partial charge in [0.15, 0.2) is 0 Å². The van der Waals surface area contributed by atoms with E-state index in [1.54, 1.807) is 19.1 Å². The summed E-state index contributed by atoms with van der Waals surface area (Å²) in [5.41, 5.74) is 0.216. The van der Waals surface area contributed by atoms with Gasteiger partial charge < -0.3 is 0 Å². The highest BCUT2D eigenvalue weighted by Gasteiger charge is 2.11. The minimum atomic E-state index is -0.837.